The lowest BCUT2D eigenvalue weighted by Gasteiger charge is -2.41. The van der Waals surface area contributed by atoms with E-state index in [4.69, 9.17) is 15.0 Å². The summed E-state index contributed by atoms with van der Waals surface area (Å²) in [4.78, 5) is 30.0. The van der Waals surface area contributed by atoms with Crippen LogP contribution in [0.3, 0.4) is 0 Å². The predicted molar refractivity (Wildman–Crippen MR) is 199 cm³/mol. The Morgan fingerprint density at radius 1 is 0.375 bits per heavy atom. The maximum absolute atomic E-state index is 4.91. The highest BCUT2D eigenvalue weighted by Gasteiger charge is 2.27. The Kier molecular flexibility index (Phi) is 11.9. The fraction of sp³-hybridized carbons (Fsp3) is 0.769. The second-order valence-electron chi connectivity index (χ2n) is 15.1. The fourth-order valence-electron chi connectivity index (χ4n) is 8.92. The molecule has 0 atom stereocenters. The summed E-state index contributed by atoms with van der Waals surface area (Å²) in [5.74, 6) is 3.87. The Labute approximate surface area is 291 Å². The summed E-state index contributed by atoms with van der Waals surface area (Å²) in [6.07, 6.45) is 18.6. The van der Waals surface area contributed by atoms with Crippen molar-refractivity contribution in [1.82, 2.24) is 29.4 Å². The summed E-state index contributed by atoms with van der Waals surface area (Å²) in [6.45, 7) is 17.2. The molecule has 9 heteroatoms. The molecule has 1 aromatic carbocycles. The lowest BCUT2D eigenvalue weighted by molar-refractivity contribution is 0.241. The molecule has 0 aliphatic carbocycles. The lowest BCUT2D eigenvalue weighted by Crippen LogP contribution is -2.52. The smallest absolute Gasteiger partial charge is 0.196 e. The van der Waals surface area contributed by atoms with Crippen molar-refractivity contribution in [2.45, 2.75) is 96.3 Å². The quantitative estimate of drug-likeness (QED) is 0.249. The molecule has 0 bridgehead atoms. The van der Waals surface area contributed by atoms with E-state index in [1.807, 2.05) is 0 Å². The number of guanidine groups is 3. The molecule has 3 fully saturated rings. The van der Waals surface area contributed by atoms with Crippen LogP contribution in [-0.4, -0.2) is 145 Å². The van der Waals surface area contributed by atoms with Crippen molar-refractivity contribution in [3.8, 4) is 0 Å². The van der Waals surface area contributed by atoms with Gasteiger partial charge in [-0.15, -0.1) is 0 Å². The molecule has 48 heavy (non-hydrogen) atoms. The molecule has 264 valence electrons. The van der Waals surface area contributed by atoms with Crippen LogP contribution in [0.1, 0.15) is 93.7 Å². The van der Waals surface area contributed by atoms with Crippen molar-refractivity contribution in [2.24, 2.45) is 15.0 Å². The normalized spacial score (nSPS) is 21.4. The second kappa shape index (κ2) is 17.1. The summed E-state index contributed by atoms with van der Waals surface area (Å²) in [5.41, 5.74) is 4.68. The third-order valence-electron chi connectivity index (χ3n) is 11.3. The molecule has 6 heterocycles. The minimum absolute atomic E-state index is 1.01. The largest absolute Gasteiger partial charge is 0.343 e. The molecular formula is C39H63N9. The van der Waals surface area contributed by atoms with Crippen LogP contribution in [0.25, 0.3) is 0 Å². The molecule has 0 amide bonds. The Hall–Kier alpha value is -2.97. The van der Waals surface area contributed by atoms with Gasteiger partial charge < -0.3 is 29.4 Å². The molecule has 0 spiro atoms. The zero-order valence-corrected chi connectivity index (χ0v) is 30.0. The van der Waals surface area contributed by atoms with Crippen molar-refractivity contribution < 1.29 is 0 Å². The monoisotopic (exact) mass is 658 g/mol. The average Bonchev–Trinajstić information content (AvgIpc) is 3.14. The summed E-state index contributed by atoms with van der Waals surface area (Å²) in [5, 5.41) is 0. The molecular weight excluding hydrogens is 594 g/mol. The van der Waals surface area contributed by atoms with Crippen LogP contribution in [-0.2, 0) is 19.3 Å². The number of rotatable bonds is 15. The molecule has 6 aliphatic rings. The number of fused-ring (bicyclic) bond motifs is 3. The Balaban J connectivity index is 0.917. The van der Waals surface area contributed by atoms with Crippen LogP contribution in [0.2, 0.25) is 0 Å². The van der Waals surface area contributed by atoms with Gasteiger partial charge in [0.05, 0.1) is 0 Å². The molecule has 6 aliphatic heterocycles. The highest BCUT2D eigenvalue weighted by Crippen LogP contribution is 2.21. The summed E-state index contributed by atoms with van der Waals surface area (Å²) in [6, 6.07) is 7.65. The first kappa shape index (κ1) is 33.5. The highest BCUT2D eigenvalue weighted by atomic mass is 15.4. The topological polar surface area (TPSA) is 56.5 Å². The van der Waals surface area contributed by atoms with Gasteiger partial charge in [0.1, 0.15) is 0 Å². The lowest BCUT2D eigenvalue weighted by atomic mass is 9.96. The van der Waals surface area contributed by atoms with Crippen LogP contribution < -0.4 is 0 Å². The van der Waals surface area contributed by atoms with Crippen molar-refractivity contribution in [2.75, 3.05) is 98.2 Å². The molecule has 0 unspecified atom stereocenters. The summed E-state index contributed by atoms with van der Waals surface area (Å²) in [7, 11) is 0. The van der Waals surface area contributed by atoms with E-state index >= 15 is 0 Å². The Bertz CT molecular complexity index is 1110. The van der Waals surface area contributed by atoms with Crippen LogP contribution >= 0.6 is 0 Å². The zero-order valence-electron chi connectivity index (χ0n) is 30.0. The van der Waals surface area contributed by atoms with Gasteiger partial charge in [-0.2, -0.15) is 0 Å². The molecule has 0 N–H and O–H groups in total. The number of aliphatic imine (C=N–C) groups is 3. The van der Waals surface area contributed by atoms with Crippen LogP contribution in [0.5, 0.6) is 0 Å². The van der Waals surface area contributed by atoms with Gasteiger partial charge >= 0.3 is 0 Å². The van der Waals surface area contributed by atoms with Crippen molar-refractivity contribution in [3.63, 3.8) is 0 Å². The number of nitrogens with zero attached hydrogens (tertiary/aromatic N) is 9. The number of benzene rings is 1. The minimum atomic E-state index is 1.01. The van der Waals surface area contributed by atoms with Gasteiger partial charge in [0.25, 0.3) is 0 Å². The molecule has 9 nitrogen and oxygen atoms in total. The van der Waals surface area contributed by atoms with Gasteiger partial charge in [-0.05, 0) is 113 Å². The number of hydrogen-bond donors (Lipinski definition) is 0. The van der Waals surface area contributed by atoms with Crippen LogP contribution in [0.15, 0.2) is 33.2 Å². The minimum Gasteiger partial charge on any atom is -0.343 e. The first-order valence-electron chi connectivity index (χ1n) is 20.0. The van der Waals surface area contributed by atoms with Gasteiger partial charge in [-0.1, -0.05) is 18.2 Å². The predicted octanol–water partition coefficient (Wildman–Crippen LogP) is 4.96. The van der Waals surface area contributed by atoms with E-state index in [-0.39, 0.29) is 0 Å². The van der Waals surface area contributed by atoms with E-state index in [0.29, 0.717) is 0 Å². The van der Waals surface area contributed by atoms with E-state index in [1.165, 1.54) is 173 Å². The van der Waals surface area contributed by atoms with E-state index in [1.54, 1.807) is 16.7 Å². The van der Waals surface area contributed by atoms with Crippen molar-refractivity contribution >= 4 is 17.9 Å². The highest BCUT2D eigenvalue weighted by molar-refractivity contribution is 5.82. The number of aryl methyl sites for hydroxylation is 3. The standard InChI is InChI=1S/C39H63N9/c1(4-19-43-25-10-28-46-22-7-16-40-37(43)46)13-34-31-35(14-2-5-20-44-26-11-29-47-23-8-17-41-38(44)47)33-36(32-34)15-3-6-21-45-27-12-30-48-24-9-18-42-39(45)48/h31-33H,1-30H2. The third kappa shape index (κ3) is 8.78. The molecule has 7 rings (SSSR count). The van der Waals surface area contributed by atoms with Gasteiger partial charge in [-0.3, -0.25) is 15.0 Å². The average molecular weight is 658 g/mol. The van der Waals surface area contributed by atoms with Gasteiger partial charge in [0, 0.05) is 98.2 Å². The van der Waals surface area contributed by atoms with Gasteiger partial charge in [0.15, 0.2) is 17.9 Å². The zero-order chi connectivity index (χ0) is 32.4. The van der Waals surface area contributed by atoms with Crippen molar-refractivity contribution in [1.29, 1.82) is 0 Å². The molecule has 0 aromatic heterocycles. The fourth-order valence-corrected chi connectivity index (χ4v) is 8.92. The SMILES string of the molecule is c1c(CCCCN2CCCN3CCCN=C23)cc(CCCCN2CCCN3CCCN=C23)cc1CCCCN1CCCN2CCCN=C12. The third-order valence-corrected chi connectivity index (χ3v) is 11.3. The van der Waals surface area contributed by atoms with E-state index < -0.39 is 0 Å². The van der Waals surface area contributed by atoms with Crippen LogP contribution in [0, 0.1) is 0 Å². The Morgan fingerprint density at radius 2 is 0.688 bits per heavy atom. The van der Waals surface area contributed by atoms with E-state index in [9.17, 15) is 0 Å². The molecule has 3 saturated heterocycles. The molecule has 0 saturated carbocycles. The Morgan fingerprint density at radius 3 is 1.02 bits per heavy atom. The first-order chi connectivity index (χ1) is 23.8. The van der Waals surface area contributed by atoms with Gasteiger partial charge in [0.2, 0.25) is 0 Å². The molecule has 1 aromatic rings. The number of hydrogen-bond acceptors (Lipinski definition) is 9. The van der Waals surface area contributed by atoms with E-state index in [0.717, 1.165) is 39.3 Å². The maximum atomic E-state index is 4.91. The first-order valence-corrected chi connectivity index (χ1v) is 20.0. The van der Waals surface area contributed by atoms with Gasteiger partial charge in [-0.25, -0.2) is 0 Å². The molecule has 0 radical (unpaired) electrons. The maximum Gasteiger partial charge on any atom is 0.196 e. The second-order valence-corrected chi connectivity index (χ2v) is 15.1. The number of unbranched alkanes of at least 4 members (excludes halogenated alkanes) is 3. The van der Waals surface area contributed by atoms with E-state index in [2.05, 4.69) is 47.6 Å². The van der Waals surface area contributed by atoms with Crippen LogP contribution in [0.4, 0.5) is 0 Å². The van der Waals surface area contributed by atoms with Crippen molar-refractivity contribution in [3.05, 3.63) is 34.9 Å². The summed E-state index contributed by atoms with van der Waals surface area (Å²) < 4.78 is 0. The summed E-state index contributed by atoms with van der Waals surface area (Å²) >= 11 is 0.